The molecule has 2 N–H and O–H groups in total. The first-order valence-corrected chi connectivity index (χ1v) is 10.8. The van der Waals surface area contributed by atoms with Crippen LogP contribution in [0.1, 0.15) is 29.6 Å². The largest absolute Gasteiger partial charge is 0.495 e. The highest BCUT2D eigenvalue weighted by Crippen LogP contribution is 2.45. The fraction of sp³-hybridized carbons (Fsp3) is 0.190. The number of benzene rings is 1. The van der Waals surface area contributed by atoms with Gasteiger partial charge in [0.05, 0.1) is 34.9 Å². The van der Waals surface area contributed by atoms with Crippen molar-refractivity contribution in [2.75, 3.05) is 17.3 Å². The van der Waals surface area contributed by atoms with Gasteiger partial charge in [-0.05, 0) is 54.7 Å². The number of carbonyl (C=O) groups is 1. The van der Waals surface area contributed by atoms with Gasteiger partial charge in [-0.25, -0.2) is 0 Å². The van der Waals surface area contributed by atoms with E-state index >= 15 is 0 Å². The number of amides is 1. The Balaban J connectivity index is 1.81. The van der Waals surface area contributed by atoms with Crippen LogP contribution in [0.2, 0.25) is 4.34 Å². The number of ether oxygens (including phenoxy) is 1. The molecule has 3 aromatic rings. The summed E-state index contributed by atoms with van der Waals surface area (Å²) in [5.41, 5.74) is 2.28. The van der Waals surface area contributed by atoms with E-state index in [1.165, 1.54) is 18.3 Å². The lowest BCUT2D eigenvalue weighted by molar-refractivity contribution is -0.114. The van der Waals surface area contributed by atoms with Crippen molar-refractivity contribution in [1.29, 1.82) is 0 Å². The molecule has 1 aliphatic rings. The Morgan fingerprint density at radius 3 is 2.77 bits per heavy atom. The Morgan fingerprint density at radius 2 is 2.13 bits per heavy atom. The number of methoxy groups -OCH3 is 1. The van der Waals surface area contributed by atoms with Gasteiger partial charge in [0, 0.05) is 23.7 Å². The van der Waals surface area contributed by atoms with Crippen LogP contribution in [0.4, 0.5) is 11.4 Å². The van der Waals surface area contributed by atoms with Gasteiger partial charge in [-0.3, -0.25) is 9.78 Å². The highest BCUT2D eigenvalue weighted by Gasteiger charge is 2.41. The molecule has 9 heteroatoms. The number of thiophene rings is 1. The zero-order valence-electron chi connectivity index (χ0n) is 16.3. The summed E-state index contributed by atoms with van der Waals surface area (Å²) in [5, 5.41) is 6.79. The molecule has 1 aromatic carbocycles. The molecule has 0 bridgehead atoms. The standard InChI is InChI=1S/C21H19ClN4O2S2/c1-12(27)24-15-11-13(6-7-16(15)28-2)26-20(17-8-9-18(22)30-17)19(25-21(26)29)14-5-3-4-10-23-14/h3-11,19-20H,1-2H3,(H,24,27)(H,25,29)/t19-,20-/m0/s1. The molecule has 1 saturated heterocycles. The highest BCUT2D eigenvalue weighted by molar-refractivity contribution is 7.80. The maximum absolute atomic E-state index is 11.7. The summed E-state index contributed by atoms with van der Waals surface area (Å²) in [5.74, 6) is 0.393. The molecule has 1 fully saturated rings. The van der Waals surface area contributed by atoms with E-state index in [1.807, 2.05) is 53.4 Å². The van der Waals surface area contributed by atoms with Crippen molar-refractivity contribution < 1.29 is 9.53 Å². The van der Waals surface area contributed by atoms with Crippen LogP contribution >= 0.6 is 35.2 Å². The summed E-state index contributed by atoms with van der Waals surface area (Å²) in [6.45, 7) is 1.46. The summed E-state index contributed by atoms with van der Waals surface area (Å²) in [7, 11) is 1.57. The Labute approximate surface area is 188 Å². The number of pyridine rings is 1. The molecule has 30 heavy (non-hydrogen) atoms. The minimum atomic E-state index is -0.180. The molecule has 0 saturated carbocycles. The maximum atomic E-state index is 11.7. The number of thiocarbonyl (C=S) groups is 1. The number of nitrogens with zero attached hydrogens (tertiary/aromatic N) is 2. The van der Waals surface area contributed by atoms with Crippen LogP contribution in [0.3, 0.4) is 0 Å². The van der Waals surface area contributed by atoms with Crippen molar-refractivity contribution >= 4 is 57.5 Å². The van der Waals surface area contributed by atoms with Crippen molar-refractivity contribution in [2.45, 2.75) is 19.0 Å². The second kappa shape index (κ2) is 8.59. The third-order valence-corrected chi connectivity index (χ3v) is 6.37. The predicted molar refractivity (Wildman–Crippen MR) is 125 cm³/mol. The highest BCUT2D eigenvalue weighted by atomic mass is 35.5. The Bertz CT molecular complexity index is 1090. The van der Waals surface area contributed by atoms with E-state index in [0.29, 0.717) is 20.9 Å². The van der Waals surface area contributed by atoms with E-state index in [1.54, 1.807) is 13.3 Å². The molecule has 2 aromatic heterocycles. The zero-order chi connectivity index (χ0) is 21.3. The third kappa shape index (κ3) is 3.98. The topological polar surface area (TPSA) is 66.5 Å². The average Bonchev–Trinajstić information content (AvgIpc) is 3.31. The van der Waals surface area contributed by atoms with Gasteiger partial charge in [0.25, 0.3) is 0 Å². The molecule has 4 rings (SSSR count). The van der Waals surface area contributed by atoms with Crippen molar-refractivity contribution in [3.05, 3.63) is 69.6 Å². The first-order chi connectivity index (χ1) is 14.5. The van der Waals surface area contributed by atoms with Crippen molar-refractivity contribution in [3.63, 3.8) is 0 Å². The van der Waals surface area contributed by atoms with Crippen LogP contribution in [-0.4, -0.2) is 23.1 Å². The average molecular weight is 459 g/mol. The molecule has 1 amide bonds. The van der Waals surface area contributed by atoms with Gasteiger partial charge >= 0.3 is 0 Å². The summed E-state index contributed by atoms with van der Waals surface area (Å²) in [4.78, 5) is 19.3. The van der Waals surface area contributed by atoms with E-state index in [-0.39, 0.29) is 18.0 Å². The third-order valence-electron chi connectivity index (χ3n) is 4.76. The molecular formula is C21H19ClN4O2S2. The van der Waals surface area contributed by atoms with Crippen LogP contribution in [-0.2, 0) is 4.79 Å². The molecule has 0 aliphatic carbocycles. The molecule has 154 valence electrons. The minimum Gasteiger partial charge on any atom is -0.495 e. The lowest BCUT2D eigenvalue weighted by Gasteiger charge is -2.27. The van der Waals surface area contributed by atoms with Gasteiger partial charge in [0.2, 0.25) is 5.91 Å². The lowest BCUT2D eigenvalue weighted by atomic mass is 10.0. The Morgan fingerprint density at radius 1 is 1.30 bits per heavy atom. The fourth-order valence-electron chi connectivity index (χ4n) is 3.54. The van der Waals surface area contributed by atoms with Gasteiger partial charge in [-0.15, -0.1) is 11.3 Å². The first-order valence-electron chi connectivity index (χ1n) is 9.19. The quantitative estimate of drug-likeness (QED) is 0.528. The molecule has 3 heterocycles. The summed E-state index contributed by atoms with van der Waals surface area (Å²) >= 11 is 13.5. The number of rotatable bonds is 5. The van der Waals surface area contributed by atoms with Crippen LogP contribution in [0.25, 0.3) is 0 Å². The molecule has 1 aliphatic heterocycles. The van der Waals surface area contributed by atoms with Gasteiger partial charge in [-0.1, -0.05) is 17.7 Å². The maximum Gasteiger partial charge on any atom is 0.221 e. The van der Waals surface area contributed by atoms with E-state index in [2.05, 4.69) is 15.6 Å². The van der Waals surface area contributed by atoms with Crippen LogP contribution in [0.5, 0.6) is 5.75 Å². The predicted octanol–water partition coefficient (Wildman–Crippen LogP) is 4.94. The van der Waals surface area contributed by atoms with Crippen molar-refractivity contribution in [3.8, 4) is 5.75 Å². The monoisotopic (exact) mass is 458 g/mol. The number of hydrogen-bond donors (Lipinski definition) is 2. The molecule has 2 atom stereocenters. The van der Waals surface area contributed by atoms with Crippen molar-refractivity contribution in [1.82, 2.24) is 10.3 Å². The number of nitrogens with one attached hydrogen (secondary N) is 2. The Kier molecular flexibility index (Phi) is 5.90. The second-order valence-electron chi connectivity index (χ2n) is 6.70. The number of anilines is 2. The van der Waals surface area contributed by atoms with Crippen LogP contribution in [0, 0.1) is 0 Å². The van der Waals surface area contributed by atoms with Gasteiger partial charge in [-0.2, -0.15) is 0 Å². The van der Waals surface area contributed by atoms with Gasteiger partial charge < -0.3 is 20.3 Å². The van der Waals surface area contributed by atoms with E-state index in [4.69, 9.17) is 28.6 Å². The van der Waals surface area contributed by atoms with E-state index < -0.39 is 0 Å². The number of aromatic nitrogens is 1. The first kappa shape index (κ1) is 20.6. The van der Waals surface area contributed by atoms with E-state index in [9.17, 15) is 4.79 Å². The molecule has 0 spiro atoms. The number of hydrogen-bond acceptors (Lipinski definition) is 5. The summed E-state index contributed by atoms with van der Waals surface area (Å²) < 4.78 is 6.09. The molecule has 0 radical (unpaired) electrons. The smallest absolute Gasteiger partial charge is 0.221 e. The lowest BCUT2D eigenvalue weighted by Crippen LogP contribution is -2.29. The van der Waals surface area contributed by atoms with E-state index in [0.717, 1.165) is 16.3 Å². The van der Waals surface area contributed by atoms with Gasteiger partial charge in [0.15, 0.2) is 5.11 Å². The minimum absolute atomic E-state index is 0.150. The second-order valence-corrected chi connectivity index (χ2v) is 8.84. The molecular weight excluding hydrogens is 440 g/mol. The SMILES string of the molecule is COc1ccc(N2C(=S)N[C@@H](c3ccccn3)[C@@H]2c2ccc(Cl)s2)cc1NC(C)=O. The Hall–Kier alpha value is -2.68. The number of carbonyl (C=O) groups excluding carboxylic acids is 1. The normalized spacial score (nSPS) is 18.2. The van der Waals surface area contributed by atoms with Crippen molar-refractivity contribution in [2.24, 2.45) is 0 Å². The summed E-state index contributed by atoms with van der Waals surface area (Å²) in [6, 6.07) is 15.0. The summed E-state index contributed by atoms with van der Waals surface area (Å²) in [6.07, 6.45) is 1.77. The fourth-order valence-corrected chi connectivity index (χ4v) is 5.08. The molecule has 0 unspecified atom stereocenters. The van der Waals surface area contributed by atoms with Gasteiger partial charge in [0.1, 0.15) is 5.75 Å². The number of halogens is 1. The van der Waals surface area contributed by atoms with Crippen LogP contribution < -0.4 is 20.3 Å². The zero-order valence-corrected chi connectivity index (χ0v) is 18.6. The molecule has 6 nitrogen and oxygen atoms in total. The van der Waals surface area contributed by atoms with Crippen LogP contribution in [0.15, 0.2) is 54.7 Å².